The highest BCUT2D eigenvalue weighted by molar-refractivity contribution is 6.17. The van der Waals surface area contributed by atoms with Gasteiger partial charge in [-0.3, -0.25) is 4.98 Å². The van der Waals surface area contributed by atoms with Gasteiger partial charge in [-0.25, -0.2) is 0 Å². The van der Waals surface area contributed by atoms with Crippen molar-refractivity contribution in [1.82, 2.24) is 4.98 Å². The molecule has 1 rings (SSSR count). The van der Waals surface area contributed by atoms with E-state index < -0.39 is 12.2 Å². The third-order valence-corrected chi connectivity index (χ3v) is 2.11. The van der Waals surface area contributed by atoms with Gasteiger partial charge in [0.2, 0.25) is 0 Å². The van der Waals surface area contributed by atoms with Crippen molar-refractivity contribution in [1.29, 1.82) is 0 Å². The van der Waals surface area contributed by atoms with E-state index in [0.717, 1.165) is 0 Å². The lowest BCUT2D eigenvalue weighted by molar-refractivity contribution is 0.0168. The number of rotatable bonds is 4. The first-order valence-electron chi connectivity index (χ1n) is 4.27. The van der Waals surface area contributed by atoms with E-state index in [1.54, 1.807) is 6.07 Å². The summed E-state index contributed by atoms with van der Waals surface area (Å²) in [5.41, 5.74) is 6.45. The molecule has 0 aliphatic heterocycles. The van der Waals surface area contributed by atoms with Gasteiger partial charge in [0.05, 0.1) is 11.8 Å². The number of alkyl halides is 1. The average molecular weight is 217 g/mol. The van der Waals surface area contributed by atoms with E-state index in [4.69, 9.17) is 17.3 Å². The van der Waals surface area contributed by atoms with E-state index >= 15 is 0 Å². The molecule has 1 heterocycles. The van der Waals surface area contributed by atoms with Crippen molar-refractivity contribution >= 4 is 17.3 Å². The molecule has 2 unspecified atom stereocenters. The summed E-state index contributed by atoms with van der Waals surface area (Å²) in [6, 6.07) is 1.58. The highest BCUT2D eigenvalue weighted by atomic mass is 35.5. The topological polar surface area (TPSA) is 79.4 Å². The first-order valence-corrected chi connectivity index (χ1v) is 4.81. The third-order valence-electron chi connectivity index (χ3n) is 1.89. The van der Waals surface area contributed by atoms with Crippen molar-refractivity contribution in [3.8, 4) is 0 Å². The number of aliphatic hydroxyl groups is 2. The van der Waals surface area contributed by atoms with Gasteiger partial charge in [0.25, 0.3) is 0 Å². The van der Waals surface area contributed by atoms with Crippen LogP contribution in [0.2, 0.25) is 0 Å². The van der Waals surface area contributed by atoms with Gasteiger partial charge in [-0.1, -0.05) is 0 Å². The fraction of sp³-hybridized carbons (Fsp3) is 0.444. The molecule has 4 N–H and O–H groups in total. The molecular formula is C9H13ClN2O2. The average Bonchev–Trinajstić information content (AvgIpc) is 2.17. The van der Waals surface area contributed by atoms with Crippen LogP contribution in [0.5, 0.6) is 0 Å². The summed E-state index contributed by atoms with van der Waals surface area (Å²) < 4.78 is 0. The molecule has 0 amide bonds. The zero-order valence-electron chi connectivity index (χ0n) is 7.60. The van der Waals surface area contributed by atoms with E-state index in [9.17, 15) is 10.2 Å². The van der Waals surface area contributed by atoms with E-state index in [-0.39, 0.29) is 0 Å². The number of halogens is 1. The van der Waals surface area contributed by atoms with Crippen molar-refractivity contribution in [2.24, 2.45) is 0 Å². The van der Waals surface area contributed by atoms with Crippen LogP contribution in [0.3, 0.4) is 0 Å². The lowest BCUT2D eigenvalue weighted by Gasteiger charge is -2.16. The molecule has 4 nitrogen and oxygen atoms in total. The molecule has 1 aromatic heterocycles. The normalized spacial score (nSPS) is 15.1. The molecule has 0 aromatic carbocycles. The van der Waals surface area contributed by atoms with Gasteiger partial charge < -0.3 is 15.9 Å². The number of aliphatic hydroxyl groups excluding tert-OH is 2. The Bertz CT molecular complexity index is 296. The van der Waals surface area contributed by atoms with Crippen molar-refractivity contribution in [2.75, 3.05) is 11.6 Å². The second kappa shape index (κ2) is 5.14. The van der Waals surface area contributed by atoms with Crippen LogP contribution in [0.1, 0.15) is 18.1 Å². The lowest BCUT2D eigenvalue weighted by atomic mass is 10.0. The Hall–Kier alpha value is -0.840. The summed E-state index contributed by atoms with van der Waals surface area (Å²) in [4.78, 5) is 3.82. The molecule has 0 saturated heterocycles. The minimum atomic E-state index is -0.982. The number of nitrogens with zero attached hydrogens (tertiary/aromatic N) is 1. The van der Waals surface area contributed by atoms with Crippen molar-refractivity contribution in [3.05, 3.63) is 24.0 Å². The van der Waals surface area contributed by atoms with Gasteiger partial charge in [0.15, 0.2) is 0 Å². The predicted octanol–water partition coefficient (Wildman–Crippen LogP) is 0.687. The van der Waals surface area contributed by atoms with Crippen molar-refractivity contribution in [2.45, 2.75) is 18.6 Å². The van der Waals surface area contributed by atoms with E-state index in [1.807, 2.05) is 0 Å². The largest absolute Gasteiger partial charge is 0.397 e. The van der Waals surface area contributed by atoms with Gasteiger partial charge in [0.1, 0.15) is 6.10 Å². The highest BCUT2D eigenvalue weighted by Gasteiger charge is 2.17. The van der Waals surface area contributed by atoms with Crippen molar-refractivity contribution in [3.63, 3.8) is 0 Å². The Balaban J connectivity index is 2.73. The molecule has 0 saturated carbocycles. The van der Waals surface area contributed by atoms with Crippen LogP contribution < -0.4 is 5.73 Å². The van der Waals surface area contributed by atoms with E-state index in [1.165, 1.54) is 12.4 Å². The number of nitrogens with two attached hydrogens (primary N) is 1. The van der Waals surface area contributed by atoms with Gasteiger partial charge >= 0.3 is 0 Å². The molecule has 5 heteroatoms. The Labute approximate surface area is 87.3 Å². The first-order chi connectivity index (χ1) is 6.65. The highest BCUT2D eigenvalue weighted by Crippen LogP contribution is 2.19. The Morgan fingerprint density at radius 1 is 1.43 bits per heavy atom. The molecule has 2 atom stereocenters. The summed E-state index contributed by atoms with van der Waals surface area (Å²) >= 11 is 5.45. The van der Waals surface area contributed by atoms with Gasteiger partial charge in [-0.15, -0.1) is 11.6 Å². The van der Waals surface area contributed by atoms with Gasteiger partial charge in [0, 0.05) is 23.8 Å². The fourth-order valence-corrected chi connectivity index (χ4v) is 1.35. The number of anilines is 1. The minimum absolute atomic E-state index is 0.300. The molecule has 0 aliphatic carbocycles. The van der Waals surface area contributed by atoms with Gasteiger partial charge in [-0.2, -0.15) is 0 Å². The number of nitrogen functional groups attached to an aromatic ring is 1. The number of hydrogen-bond acceptors (Lipinski definition) is 4. The second-order valence-corrected chi connectivity index (χ2v) is 3.42. The standard InChI is InChI=1S/C9H13ClN2O2/c10-2-1-8(13)9(14)6-3-7(11)5-12-4-6/h3-5,8-9,13-14H,1-2,11H2. The van der Waals surface area contributed by atoms with Crippen LogP contribution in [-0.2, 0) is 0 Å². The molecule has 1 aromatic rings. The quantitative estimate of drug-likeness (QED) is 0.647. The second-order valence-electron chi connectivity index (χ2n) is 3.04. The SMILES string of the molecule is Nc1cncc(C(O)C(O)CCCl)c1. The maximum absolute atomic E-state index is 9.64. The molecule has 0 aliphatic rings. The lowest BCUT2D eigenvalue weighted by Crippen LogP contribution is -2.18. The van der Waals surface area contributed by atoms with E-state index in [0.29, 0.717) is 23.6 Å². The molecule has 0 spiro atoms. The molecule has 78 valence electrons. The molecular weight excluding hydrogens is 204 g/mol. The van der Waals surface area contributed by atoms with Crippen LogP contribution in [0.4, 0.5) is 5.69 Å². The molecule has 0 radical (unpaired) electrons. The number of hydrogen-bond donors (Lipinski definition) is 3. The van der Waals surface area contributed by atoms with E-state index in [2.05, 4.69) is 4.98 Å². The van der Waals surface area contributed by atoms with Crippen LogP contribution in [0, 0.1) is 0 Å². The van der Waals surface area contributed by atoms with Crippen LogP contribution in [0.25, 0.3) is 0 Å². The summed E-state index contributed by atoms with van der Waals surface area (Å²) in [6.45, 7) is 0. The van der Waals surface area contributed by atoms with Crippen LogP contribution >= 0.6 is 11.6 Å². The summed E-state index contributed by atoms with van der Waals surface area (Å²) in [6.07, 6.45) is 1.42. The Kier molecular flexibility index (Phi) is 4.13. The zero-order chi connectivity index (χ0) is 10.6. The monoisotopic (exact) mass is 216 g/mol. The fourth-order valence-electron chi connectivity index (χ4n) is 1.13. The first kappa shape index (κ1) is 11.2. The van der Waals surface area contributed by atoms with Crippen molar-refractivity contribution < 1.29 is 10.2 Å². The summed E-state index contributed by atoms with van der Waals surface area (Å²) in [7, 11) is 0. The molecule has 0 fully saturated rings. The maximum atomic E-state index is 9.64. The van der Waals surface area contributed by atoms with Gasteiger partial charge in [-0.05, 0) is 12.5 Å². The number of aromatic nitrogens is 1. The minimum Gasteiger partial charge on any atom is -0.397 e. The molecule has 14 heavy (non-hydrogen) atoms. The third kappa shape index (κ3) is 2.83. The Morgan fingerprint density at radius 3 is 2.71 bits per heavy atom. The summed E-state index contributed by atoms with van der Waals surface area (Å²) in [5.74, 6) is 0.300. The smallest absolute Gasteiger partial charge is 0.106 e. The number of pyridine rings is 1. The zero-order valence-corrected chi connectivity index (χ0v) is 8.35. The molecule has 0 bridgehead atoms. The van der Waals surface area contributed by atoms with Crippen LogP contribution in [-0.4, -0.2) is 27.2 Å². The Morgan fingerprint density at radius 2 is 2.14 bits per heavy atom. The maximum Gasteiger partial charge on any atom is 0.106 e. The van der Waals surface area contributed by atoms with Crippen LogP contribution in [0.15, 0.2) is 18.5 Å². The summed E-state index contributed by atoms with van der Waals surface area (Å²) in [5, 5.41) is 19.1. The predicted molar refractivity (Wildman–Crippen MR) is 55.0 cm³/mol.